The molecule has 1 heterocycles. The molecule has 8 heteroatoms. The van der Waals surface area contributed by atoms with Gasteiger partial charge in [0, 0.05) is 49.5 Å². The summed E-state index contributed by atoms with van der Waals surface area (Å²) in [5.41, 5.74) is 3.86. The van der Waals surface area contributed by atoms with E-state index >= 15 is 0 Å². The van der Waals surface area contributed by atoms with Gasteiger partial charge in [0.25, 0.3) is 5.91 Å². The van der Waals surface area contributed by atoms with E-state index in [1.165, 1.54) is 5.56 Å². The quantitative estimate of drug-likeness (QED) is 0.369. The predicted molar refractivity (Wildman–Crippen MR) is 163 cm³/mol. The summed E-state index contributed by atoms with van der Waals surface area (Å²) in [5, 5.41) is 5.85. The molecule has 218 valence electrons. The molecule has 0 radical (unpaired) electrons. The van der Waals surface area contributed by atoms with Gasteiger partial charge in [-0.3, -0.25) is 19.2 Å². The second kappa shape index (κ2) is 13.5. The highest BCUT2D eigenvalue weighted by Gasteiger charge is 2.36. The Morgan fingerprint density at radius 1 is 0.786 bits per heavy atom. The number of hydrogen-bond donors (Lipinski definition) is 2. The third-order valence-electron chi connectivity index (χ3n) is 7.96. The topological polar surface area (TPSA) is 98.8 Å². The Morgan fingerprint density at radius 3 is 2.14 bits per heavy atom. The molecule has 0 aromatic heterocycles. The number of rotatable bonds is 10. The summed E-state index contributed by atoms with van der Waals surface area (Å²) in [4.78, 5) is 54.2. The Kier molecular flexibility index (Phi) is 9.31. The Labute approximate surface area is 247 Å². The molecule has 5 rings (SSSR count). The maximum atomic E-state index is 12.8. The van der Waals surface area contributed by atoms with Crippen molar-refractivity contribution in [3.05, 3.63) is 95.6 Å². The molecule has 1 aliphatic carbocycles. The number of nitrogens with zero attached hydrogens (tertiary/aromatic N) is 2. The van der Waals surface area contributed by atoms with Gasteiger partial charge < -0.3 is 20.4 Å². The number of carbonyl (C=O) groups is 4. The zero-order valence-corrected chi connectivity index (χ0v) is 24.1. The summed E-state index contributed by atoms with van der Waals surface area (Å²) in [6, 6.07) is 24.2. The van der Waals surface area contributed by atoms with Crippen LogP contribution in [-0.4, -0.2) is 60.1 Å². The van der Waals surface area contributed by atoms with E-state index in [1.807, 2.05) is 47.4 Å². The fraction of sp³-hybridized carbons (Fsp3) is 0.353. The van der Waals surface area contributed by atoms with Crippen LogP contribution in [0, 0.1) is 11.8 Å². The first-order valence-electron chi connectivity index (χ1n) is 14.7. The molecule has 4 amide bonds. The number of amides is 4. The van der Waals surface area contributed by atoms with E-state index in [2.05, 4.69) is 10.6 Å². The molecule has 2 fully saturated rings. The van der Waals surface area contributed by atoms with Gasteiger partial charge in [-0.05, 0) is 79.6 Å². The molecule has 1 saturated heterocycles. The van der Waals surface area contributed by atoms with Crippen molar-refractivity contribution in [2.45, 2.75) is 38.5 Å². The first-order valence-corrected chi connectivity index (χ1v) is 14.7. The number of nitrogens with one attached hydrogen (secondary N) is 2. The van der Waals surface area contributed by atoms with Crippen LogP contribution in [0.5, 0.6) is 0 Å². The predicted octanol–water partition coefficient (Wildman–Crippen LogP) is 4.77. The van der Waals surface area contributed by atoms with E-state index in [-0.39, 0.29) is 41.9 Å². The van der Waals surface area contributed by atoms with Gasteiger partial charge in [0.15, 0.2) is 0 Å². The molecule has 2 aliphatic rings. The minimum atomic E-state index is -0.205. The van der Waals surface area contributed by atoms with Crippen LogP contribution < -0.4 is 10.6 Å². The lowest BCUT2D eigenvalue weighted by atomic mass is 9.96. The zero-order chi connectivity index (χ0) is 29.5. The molecule has 0 bridgehead atoms. The van der Waals surface area contributed by atoms with E-state index in [4.69, 9.17) is 0 Å². The van der Waals surface area contributed by atoms with E-state index in [1.54, 1.807) is 48.3 Å². The zero-order valence-electron chi connectivity index (χ0n) is 24.1. The van der Waals surface area contributed by atoms with Crippen molar-refractivity contribution in [3.8, 4) is 0 Å². The molecule has 1 atom stereocenters. The average molecular weight is 567 g/mol. The van der Waals surface area contributed by atoms with Crippen molar-refractivity contribution in [1.82, 2.24) is 9.80 Å². The molecular formula is C34H38N4O4. The van der Waals surface area contributed by atoms with Crippen molar-refractivity contribution in [2.24, 2.45) is 11.8 Å². The summed E-state index contributed by atoms with van der Waals surface area (Å²) in [6.07, 6.45) is 4.52. The van der Waals surface area contributed by atoms with Gasteiger partial charge in [0.2, 0.25) is 17.7 Å². The smallest absolute Gasteiger partial charge is 0.253 e. The van der Waals surface area contributed by atoms with Crippen molar-refractivity contribution in [1.29, 1.82) is 0 Å². The van der Waals surface area contributed by atoms with Crippen molar-refractivity contribution >= 4 is 35.0 Å². The van der Waals surface area contributed by atoms with E-state index in [9.17, 15) is 19.2 Å². The highest BCUT2D eigenvalue weighted by Crippen LogP contribution is 2.32. The number of hydrogen-bond acceptors (Lipinski definition) is 4. The first kappa shape index (κ1) is 29.0. The fourth-order valence-electron chi connectivity index (χ4n) is 5.28. The second-order valence-electron chi connectivity index (χ2n) is 11.3. The Hall–Kier alpha value is -4.46. The van der Waals surface area contributed by atoms with Crippen LogP contribution in [0.1, 0.15) is 47.2 Å². The lowest BCUT2D eigenvalue weighted by molar-refractivity contribution is -0.135. The van der Waals surface area contributed by atoms with E-state index < -0.39 is 0 Å². The molecule has 0 spiro atoms. The summed E-state index contributed by atoms with van der Waals surface area (Å²) < 4.78 is 0. The van der Waals surface area contributed by atoms with Crippen LogP contribution in [0.4, 0.5) is 11.4 Å². The van der Waals surface area contributed by atoms with E-state index in [0.717, 1.165) is 44.2 Å². The minimum absolute atomic E-state index is 0.0662. The molecule has 1 aliphatic heterocycles. The normalized spacial score (nSPS) is 16.4. The van der Waals surface area contributed by atoms with Crippen LogP contribution in [0.15, 0.2) is 78.9 Å². The molecular weight excluding hydrogens is 528 g/mol. The largest absolute Gasteiger partial charge is 0.342 e. The number of anilines is 2. The summed E-state index contributed by atoms with van der Waals surface area (Å²) in [7, 11) is 1.79. The molecule has 42 heavy (non-hydrogen) atoms. The van der Waals surface area contributed by atoms with Crippen molar-refractivity contribution in [2.75, 3.05) is 37.3 Å². The number of piperidine rings is 1. The third kappa shape index (κ3) is 7.84. The van der Waals surface area contributed by atoms with Gasteiger partial charge in [-0.1, -0.05) is 42.5 Å². The standard InChI is InChI=1S/C34H38N4O4/c1-37(21-19-24-6-3-2-4-7-24)33(41)26-13-17-29(18-14-26)35-31(39)22-25-9-15-30(16-10-25)36-32(40)28-8-5-20-38(23-28)34(42)27-11-12-27/h2-4,6-7,9-10,13-18,27-28H,5,8,11-12,19-23H2,1H3,(H,35,39)(H,36,40). The number of carbonyl (C=O) groups excluding carboxylic acids is 4. The Morgan fingerprint density at radius 2 is 1.45 bits per heavy atom. The van der Waals surface area contributed by atoms with Gasteiger partial charge in [0.1, 0.15) is 0 Å². The molecule has 8 nitrogen and oxygen atoms in total. The molecule has 2 N–H and O–H groups in total. The SMILES string of the molecule is CN(CCc1ccccc1)C(=O)c1ccc(NC(=O)Cc2ccc(NC(=O)C3CCCN(C(=O)C4CC4)C3)cc2)cc1. The Balaban J connectivity index is 1.06. The number of likely N-dealkylation sites (tertiary alicyclic amines) is 1. The third-order valence-corrected chi connectivity index (χ3v) is 7.96. The van der Waals surface area contributed by atoms with Gasteiger partial charge in [-0.2, -0.15) is 0 Å². The lowest BCUT2D eigenvalue weighted by Gasteiger charge is -2.32. The monoisotopic (exact) mass is 566 g/mol. The average Bonchev–Trinajstić information content (AvgIpc) is 3.87. The maximum Gasteiger partial charge on any atom is 0.253 e. The summed E-state index contributed by atoms with van der Waals surface area (Å²) >= 11 is 0. The summed E-state index contributed by atoms with van der Waals surface area (Å²) in [5.74, 6) is -0.150. The fourth-order valence-corrected chi connectivity index (χ4v) is 5.28. The first-order chi connectivity index (χ1) is 20.4. The minimum Gasteiger partial charge on any atom is -0.342 e. The van der Waals surface area contributed by atoms with Gasteiger partial charge in [-0.25, -0.2) is 0 Å². The van der Waals surface area contributed by atoms with Gasteiger partial charge in [0.05, 0.1) is 12.3 Å². The lowest BCUT2D eigenvalue weighted by Crippen LogP contribution is -2.44. The van der Waals surface area contributed by atoms with E-state index in [0.29, 0.717) is 30.0 Å². The van der Waals surface area contributed by atoms with Crippen molar-refractivity contribution in [3.63, 3.8) is 0 Å². The second-order valence-corrected chi connectivity index (χ2v) is 11.3. The number of likely N-dealkylation sites (N-methyl/N-ethyl adjacent to an activating group) is 1. The van der Waals surface area contributed by atoms with Crippen LogP contribution in [0.3, 0.4) is 0 Å². The molecule has 3 aromatic carbocycles. The van der Waals surface area contributed by atoms with Crippen LogP contribution >= 0.6 is 0 Å². The Bertz CT molecular complexity index is 1400. The van der Waals surface area contributed by atoms with Crippen molar-refractivity contribution < 1.29 is 19.2 Å². The van der Waals surface area contributed by atoms with Crippen LogP contribution in [0.25, 0.3) is 0 Å². The van der Waals surface area contributed by atoms with Gasteiger partial charge >= 0.3 is 0 Å². The molecule has 3 aromatic rings. The highest BCUT2D eigenvalue weighted by atomic mass is 16.2. The molecule has 1 unspecified atom stereocenters. The highest BCUT2D eigenvalue weighted by molar-refractivity contribution is 5.96. The number of benzene rings is 3. The maximum absolute atomic E-state index is 12.8. The van der Waals surface area contributed by atoms with Crippen LogP contribution in [-0.2, 0) is 27.2 Å². The molecule has 1 saturated carbocycles. The van der Waals surface area contributed by atoms with Gasteiger partial charge in [-0.15, -0.1) is 0 Å². The van der Waals surface area contributed by atoms with Crippen LogP contribution in [0.2, 0.25) is 0 Å². The summed E-state index contributed by atoms with van der Waals surface area (Å²) in [6.45, 7) is 1.84.